The summed E-state index contributed by atoms with van der Waals surface area (Å²) in [5, 5.41) is 14.4. The number of nitrogens with zero attached hydrogens (tertiary/aromatic N) is 2. The maximum Gasteiger partial charge on any atom is 0.269 e. The minimum absolute atomic E-state index is 0.0234. The predicted octanol–water partition coefficient (Wildman–Crippen LogP) is 3.18. The Bertz CT molecular complexity index is 612. The number of anilines is 1. The highest BCUT2D eigenvalue weighted by molar-refractivity contribution is 5.80. The third-order valence-electron chi connectivity index (χ3n) is 2.34. The summed E-state index contributed by atoms with van der Waals surface area (Å²) in [6, 6.07) is 11.8. The highest BCUT2D eigenvalue weighted by Crippen LogP contribution is 2.11. The number of nitro groups is 1. The van der Waals surface area contributed by atoms with Crippen molar-refractivity contribution in [3.63, 3.8) is 0 Å². The number of nitrogens with one attached hydrogen (secondary N) is 1. The quantitative estimate of drug-likeness (QED) is 0.521. The van der Waals surface area contributed by atoms with Gasteiger partial charge in [0.2, 0.25) is 0 Å². The molecule has 19 heavy (non-hydrogen) atoms. The zero-order chi connectivity index (χ0) is 13.7. The van der Waals surface area contributed by atoms with Crippen molar-refractivity contribution in [1.29, 1.82) is 0 Å². The molecule has 96 valence electrons. The van der Waals surface area contributed by atoms with Gasteiger partial charge in [0.25, 0.3) is 5.69 Å². The lowest BCUT2D eigenvalue weighted by Crippen LogP contribution is -1.92. The summed E-state index contributed by atoms with van der Waals surface area (Å²) in [5.41, 5.74) is 3.92. The van der Waals surface area contributed by atoms with Crippen molar-refractivity contribution in [3.8, 4) is 0 Å². The molecule has 0 fully saturated rings. The van der Waals surface area contributed by atoms with Crippen molar-refractivity contribution >= 4 is 17.6 Å². The highest BCUT2D eigenvalue weighted by atomic mass is 19.1. The van der Waals surface area contributed by atoms with Crippen LogP contribution in [-0.4, -0.2) is 11.1 Å². The molecular weight excluding hydrogens is 249 g/mol. The van der Waals surface area contributed by atoms with Crippen LogP contribution in [0.15, 0.2) is 53.6 Å². The number of non-ortho nitro benzene ring substituents is 1. The summed E-state index contributed by atoms with van der Waals surface area (Å²) in [5.74, 6) is -0.351. The van der Waals surface area contributed by atoms with Crippen molar-refractivity contribution in [2.24, 2.45) is 5.10 Å². The Morgan fingerprint density at radius 1 is 1.21 bits per heavy atom. The van der Waals surface area contributed by atoms with E-state index in [1.807, 2.05) is 0 Å². The lowest BCUT2D eigenvalue weighted by atomic mass is 10.2. The minimum atomic E-state index is -0.466. The van der Waals surface area contributed by atoms with Crippen LogP contribution < -0.4 is 5.43 Å². The molecule has 0 aliphatic rings. The molecule has 0 heterocycles. The molecule has 1 N–H and O–H groups in total. The number of hydrogen-bond acceptors (Lipinski definition) is 4. The maximum atomic E-state index is 12.9. The van der Waals surface area contributed by atoms with Crippen molar-refractivity contribution in [2.45, 2.75) is 0 Å². The van der Waals surface area contributed by atoms with E-state index in [0.29, 0.717) is 11.3 Å². The van der Waals surface area contributed by atoms with E-state index in [0.717, 1.165) is 0 Å². The molecule has 5 nitrogen and oxygen atoms in total. The minimum Gasteiger partial charge on any atom is -0.278 e. The summed E-state index contributed by atoms with van der Waals surface area (Å²) in [6.45, 7) is 0. The molecule has 0 aromatic heterocycles. The first-order valence-corrected chi connectivity index (χ1v) is 5.44. The molecule has 0 radical (unpaired) electrons. The highest BCUT2D eigenvalue weighted by Gasteiger charge is 2.02. The van der Waals surface area contributed by atoms with Crippen LogP contribution in [0.3, 0.4) is 0 Å². The second-order valence-electron chi connectivity index (χ2n) is 3.73. The van der Waals surface area contributed by atoms with Crippen LogP contribution in [0.2, 0.25) is 0 Å². The first kappa shape index (κ1) is 12.7. The van der Waals surface area contributed by atoms with Crippen LogP contribution in [0.1, 0.15) is 5.56 Å². The normalized spacial score (nSPS) is 10.6. The van der Waals surface area contributed by atoms with Crippen LogP contribution in [0, 0.1) is 15.9 Å². The van der Waals surface area contributed by atoms with Gasteiger partial charge in [-0.15, -0.1) is 0 Å². The number of rotatable bonds is 4. The van der Waals surface area contributed by atoms with Crippen LogP contribution >= 0.6 is 0 Å². The average Bonchev–Trinajstić information content (AvgIpc) is 2.39. The van der Waals surface area contributed by atoms with Crippen LogP contribution in [0.4, 0.5) is 15.8 Å². The van der Waals surface area contributed by atoms with Gasteiger partial charge in [0.1, 0.15) is 5.82 Å². The zero-order valence-corrected chi connectivity index (χ0v) is 9.79. The molecule has 0 spiro atoms. The van der Waals surface area contributed by atoms with Gasteiger partial charge in [-0.2, -0.15) is 5.10 Å². The molecule has 2 rings (SSSR count). The number of benzene rings is 2. The average molecular weight is 259 g/mol. The van der Waals surface area contributed by atoms with Gasteiger partial charge in [-0.3, -0.25) is 15.5 Å². The van der Waals surface area contributed by atoms with E-state index in [1.54, 1.807) is 24.3 Å². The van der Waals surface area contributed by atoms with E-state index in [9.17, 15) is 14.5 Å². The summed E-state index contributed by atoms with van der Waals surface area (Å²) < 4.78 is 12.9. The molecule has 0 amide bonds. The Morgan fingerprint density at radius 2 is 1.95 bits per heavy atom. The molecule has 6 heteroatoms. The Morgan fingerprint density at radius 3 is 2.58 bits per heavy atom. The van der Waals surface area contributed by atoms with Gasteiger partial charge in [-0.05, 0) is 35.9 Å². The summed E-state index contributed by atoms with van der Waals surface area (Å²) in [7, 11) is 0. The van der Waals surface area contributed by atoms with Crippen molar-refractivity contribution in [1.82, 2.24) is 0 Å². The number of hydrogen-bond donors (Lipinski definition) is 1. The first-order chi connectivity index (χ1) is 9.15. The van der Waals surface area contributed by atoms with Crippen LogP contribution in [0.25, 0.3) is 0 Å². The van der Waals surface area contributed by atoms with Gasteiger partial charge in [0.15, 0.2) is 0 Å². The lowest BCUT2D eigenvalue weighted by molar-refractivity contribution is -0.384. The molecule has 0 bridgehead atoms. The van der Waals surface area contributed by atoms with E-state index >= 15 is 0 Å². The number of halogens is 1. The molecule has 0 aliphatic heterocycles. The molecular formula is C13H10FN3O2. The molecule has 0 unspecified atom stereocenters. The van der Waals surface area contributed by atoms with Crippen LogP contribution in [0.5, 0.6) is 0 Å². The van der Waals surface area contributed by atoms with E-state index in [1.165, 1.54) is 30.5 Å². The van der Waals surface area contributed by atoms with Gasteiger partial charge >= 0.3 is 0 Å². The largest absolute Gasteiger partial charge is 0.278 e. The maximum absolute atomic E-state index is 12.9. The summed E-state index contributed by atoms with van der Waals surface area (Å²) in [6.07, 6.45) is 1.49. The Hall–Kier alpha value is -2.76. The summed E-state index contributed by atoms with van der Waals surface area (Å²) in [4.78, 5) is 10.0. The smallest absolute Gasteiger partial charge is 0.269 e. The van der Waals surface area contributed by atoms with Gasteiger partial charge in [-0.1, -0.05) is 6.07 Å². The summed E-state index contributed by atoms with van der Waals surface area (Å²) >= 11 is 0. The lowest BCUT2D eigenvalue weighted by Gasteiger charge is -1.99. The fourth-order valence-electron chi connectivity index (χ4n) is 1.42. The van der Waals surface area contributed by atoms with E-state index in [-0.39, 0.29) is 11.5 Å². The number of hydrazone groups is 1. The Labute approximate surface area is 108 Å². The molecule has 0 atom stereocenters. The second-order valence-corrected chi connectivity index (χ2v) is 3.73. The Balaban J connectivity index is 2.01. The van der Waals surface area contributed by atoms with Gasteiger partial charge in [0.05, 0.1) is 16.8 Å². The van der Waals surface area contributed by atoms with Gasteiger partial charge in [0, 0.05) is 12.1 Å². The van der Waals surface area contributed by atoms with Gasteiger partial charge in [-0.25, -0.2) is 4.39 Å². The zero-order valence-electron chi connectivity index (χ0n) is 9.79. The van der Waals surface area contributed by atoms with Crippen molar-refractivity contribution in [3.05, 3.63) is 70.0 Å². The third kappa shape index (κ3) is 3.60. The van der Waals surface area contributed by atoms with Gasteiger partial charge < -0.3 is 0 Å². The van der Waals surface area contributed by atoms with Crippen LogP contribution in [-0.2, 0) is 0 Å². The molecule has 0 saturated carbocycles. The molecule has 2 aromatic carbocycles. The van der Waals surface area contributed by atoms with E-state index < -0.39 is 4.92 Å². The molecule has 2 aromatic rings. The topological polar surface area (TPSA) is 67.5 Å². The fourth-order valence-corrected chi connectivity index (χ4v) is 1.42. The predicted molar refractivity (Wildman–Crippen MR) is 70.7 cm³/mol. The Kier molecular flexibility index (Phi) is 3.82. The van der Waals surface area contributed by atoms with Crippen molar-refractivity contribution in [2.75, 3.05) is 5.43 Å². The van der Waals surface area contributed by atoms with E-state index in [2.05, 4.69) is 10.5 Å². The SMILES string of the molecule is O=[N+]([O-])c1ccc(/C=N\Nc2cccc(F)c2)cc1. The number of nitro benzene ring substituents is 1. The monoisotopic (exact) mass is 259 g/mol. The second kappa shape index (κ2) is 5.72. The molecule has 0 aliphatic carbocycles. The van der Waals surface area contributed by atoms with Crippen molar-refractivity contribution < 1.29 is 9.31 Å². The standard InChI is InChI=1S/C13H10FN3O2/c14-11-2-1-3-12(8-11)16-15-9-10-4-6-13(7-5-10)17(18)19/h1-9,16H/b15-9-. The fraction of sp³-hybridized carbons (Fsp3) is 0. The molecule has 0 saturated heterocycles. The third-order valence-corrected chi connectivity index (χ3v) is 2.34. The van der Waals surface area contributed by atoms with E-state index in [4.69, 9.17) is 0 Å². The first-order valence-electron chi connectivity index (χ1n) is 5.44.